The van der Waals surface area contributed by atoms with E-state index in [0.29, 0.717) is 11.1 Å². The van der Waals surface area contributed by atoms with E-state index >= 15 is 0 Å². The van der Waals surface area contributed by atoms with Crippen LogP contribution in [-0.2, 0) is 25.6 Å². The Morgan fingerprint density at radius 2 is 1.54 bits per heavy atom. The summed E-state index contributed by atoms with van der Waals surface area (Å²) in [6.07, 6.45) is -4.06. The van der Waals surface area contributed by atoms with E-state index in [-0.39, 0.29) is 23.9 Å². The lowest BCUT2D eigenvalue weighted by molar-refractivity contribution is -0.173. The summed E-state index contributed by atoms with van der Waals surface area (Å²) < 4.78 is 39.9. The smallest absolute Gasteiger partial charge is 0.344 e. The Balaban J connectivity index is 1.93. The van der Waals surface area contributed by atoms with Crippen molar-refractivity contribution in [2.75, 3.05) is 6.54 Å². The van der Waals surface area contributed by atoms with Crippen molar-refractivity contribution in [3.8, 4) is 0 Å². The van der Waals surface area contributed by atoms with Gasteiger partial charge in [-0.25, -0.2) is 0 Å². The Morgan fingerprint density at radius 1 is 0.973 bits per heavy atom. The second-order valence-corrected chi connectivity index (χ2v) is 9.09. The fourth-order valence-electron chi connectivity index (χ4n) is 4.21. The number of hydrogen-bond donors (Lipinski definition) is 1. The number of rotatable bonds is 8. The van der Waals surface area contributed by atoms with Gasteiger partial charge in [0.05, 0.1) is 5.70 Å². The molecule has 0 radical (unpaired) electrons. The van der Waals surface area contributed by atoms with Gasteiger partial charge >= 0.3 is 6.18 Å². The number of Topliss-reactive ketones (excluding diaryl/α,β-unsaturated/α-hetero) is 1. The van der Waals surface area contributed by atoms with Gasteiger partial charge in [-0.05, 0) is 17.0 Å². The monoisotopic (exact) mass is 515 g/mol. The Morgan fingerprint density at radius 3 is 2.05 bits per heavy atom. The molecule has 0 spiro atoms. The normalized spacial score (nSPS) is 16.9. The van der Waals surface area contributed by atoms with Crippen LogP contribution in [0.1, 0.15) is 31.9 Å². The van der Waals surface area contributed by atoms with Gasteiger partial charge in [0.2, 0.25) is 11.8 Å². The molecule has 1 heterocycles. The molecule has 2 atom stereocenters. The van der Waals surface area contributed by atoms with E-state index in [0.717, 1.165) is 4.90 Å². The van der Waals surface area contributed by atoms with Crippen molar-refractivity contribution in [2.45, 2.75) is 45.5 Å². The van der Waals surface area contributed by atoms with Crippen LogP contribution in [0.4, 0.5) is 13.2 Å². The number of alkyl halides is 3. The van der Waals surface area contributed by atoms with E-state index in [4.69, 9.17) is 0 Å². The highest BCUT2D eigenvalue weighted by atomic mass is 19.4. The first-order chi connectivity index (χ1) is 17.4. The average molecular weight is 516 g/mol. The number of hydrogen-bond acceptors (Lipinski definition) is 4. The largest absolute Gasteiger partial charge is 0.452 e. The van der Waals surface area contributed by atoms with Crippen molar-refractivity contribution in [1.82, 2.24) is 15.1 Å². The highest BCUT2D eigenvalue weighted by molar-refractivity contribution is 6.00. The lowest BCUT2D eigenvalue weighted by atomic mass is 9.97. The summed E-state index contributed by atoms with van der Waals surface area (Å²) in [5, 5.41) is 2.18. The van der Waals surface area contributed by atoms with Crippen molar-refractivity contribution in [3.05, 3.63) is 78.0 Å². The van der Waals surface area contributed by atoms with E-state index in [1.54, 1.807) is 74.5 Å². The molecule has 3 rings (SSSR count). The van der Waals surface area contributed by atoms with Gasteiger partial charge in [-0.2, -0.15) is 13.2 Å². The van der Waals surface area contributed by atoms with Crippen LogP contribution in [0.2, 0.25) is 0 Å². The molecule has 0 bridgehead atoms. The topological polar surface area (TPSA) is 86.8 Å². The predicted molar refractivity (Wildman–Crippen MR) is 130 cm³/mol. The standard InChI is InChI=1S/C27H28F3N3O4/c1-17(2)24-26(37)33(22(15-32(24)18(3)34)20-12-8-5-9-13-20)16-23(35)31-21(25(36)27(28,29)30)14-19-10-6-4-7-11-19/h4-13,15,17,21,24H,14,16H2,1-3H3,(H,31,35)/t21?,24-/m0/s1. The zero-order chi connectivity index (χ0) is 27.3. The van der Waals surface area contributed by atoms with Crippen molar-refractivity contribution in [2.24, 2.45) is 5.92 Å². The number of ketones is 1. The summed E-state index contributed by atoms with van der Waals surface area (Å²) in [6, 6.07) is 13.8. The highest BCUT2D eigenvalue weighted by Crippen LogP contribution is 2.30. The van der Waals surface area contributed by atoms with Gasteiger partial charge in [0, 0.05) is 19.5 Å². The molecule has 2 aromatic carbocycles. The van der Waals surface area contributed by atoms with Crippen molar-refractivity contribution < 1.29 is 32.3 Å². The van der Waals surface area contributed by atoms with Crippen LogP contribution < -0.4 is 5.32 Å². The van der Waals surface area contributed by atoms with Crippen LogP contribution in [0.3, 0.4) is 0 Å². The van der Waals surface area contributed by atoms with E-state index in [2.05, 4.69) is 5.32 Å². The summed E-state index contributed by atoms with van der Waals surface area (Å²) in [4.78, 5) is 53.5. The number of carbonyl (C=O) groups excluding carboxylic acids is 4. The maximum Gasteiger partial charge on any atom is 0.452 e. The third-order valence-electron chi connectivity index (χ3n) is 5.95. The first kappa shape index (κ1) is 27.6. The highest BCUT2D eigenvalue weighted by Gasteiger charge is 2.45. The minimum atomic E-state index is -5.16. The Hall–Kier alpha value is -3.95. The molecule has 3 amide bonds. The molecule has 0 saturated heterocycles. The lowest BCUT2D eigenvalue weighted by Crippen LogP contribution is -2.57. The van der Waals surface area contributed by atoms with Gasteiger partial charge in [0.15, 0.2) is 0 Å². The average Bonchev–Trinajstić information content (AvgIpc) is 2.84. The predicted octanol–water partition coefficient (Wildman–Crippen LogP) is 3.56. The number of halogens is 3. The molecule has 1 aliphatic rings. The number of amides is 3. The third-order valence-corrected chi connectivity index (χ3v) is 5.95. The molecule has 7 nitrogen and oxygen atoms in total. The molecule has 0 aliphatic carbocycles. The first-order valence-electron chi connectivity index (χ1n) is 11.7. The maximum atomic E-state index is 13.5. The molecule has 10 heteroatoms. The summed E-state index contributed by atoms with van der Waals surface area (Å²) in [7, 11) is 0. The van der Waals surface area contributed by atoms with Crippen molar-refractivity contribution in [1.29, 1.82) is 0 Å². The number of nitrogens with zero attached hydrogens (tertiary/aromatic N) is 2. The summed E-state index contributed by atoms with van der Waals surface area (Å²) in [5.41, 5.74) is 1.21. The van der Waals surface area contributed by atoms with Crippen LogP contribution >= 0.6 is 0 Å². The number of benzene rings is 2. The van der Waals surface area contributed by atoms with Gasteiger partial charge < -0.3 is 10.2 Å². The quantitative estimate of drug-likeness (QED) is 0.583. The molecule has 37 heavy (non-hydrogen) atoms. The fourth-order valence-corrected chi connectivity index (χ4v) is 4.21. The van der Waals surface area contributed by atoms with E-state index in [9.17, 15) is 32.3 Å². The second kappa shape index (κ2) is 11.4. The second-order valence-electron chi connectivity index (χ2n) is 9.09. The van der Waals surface area contributed by atoms with Crippen LogP contribution in [0, 0.1) is 5.92 Å². The van der Waals surface area contributed by atoms with Crippen molar-refractivity contribution >= 4 is 29.2 Å². The summed E-state index contributed by atoms with van der Waals surface area (Å²) >= 11 is 0. The SMILES string of the molecule is CC(=O)N1C=C(c2ccccc2)N(CC(=O)NC(Cc2ccccc2)C(=O)C(F)(F)F)C(=O)[C@@H]1C(C)C. The maximum absolute atomic E-state index is 13.5. The number of nitrogens with one attached hydrogen (secondary N) is 1. The van der Waals surface area contributed by atoms with Gasteiger partial charge in [-0.3, -0.25) is 24.1 Å². The Kier molecular flexibility index (Phi) is 8.52. The third kappa shape index (κ3) is 6.63. The van der Waals surface area contributed by atoms with E-state index in [1.165, 1.54) is 18.0 Å². The van der Waals surface area contributed by atoms with Gasteiger partial charge in [-0.15, -0.1) is 0 Å². The molecule has 0 aromatic heterocycles. The molecule has 196 valence electrons. The molecule has 0 saturated carbocycles. The fraction of sp³-hybridized carbons (Fsp3) is 0.333. The van der Waals surface area contributed by atoms with E-state index in [1.807, 2.05) is 0 Å². The summed E-state index contributed by atoms with van der Waals surface area (Å²) in [5.74, 6) is -4.26. The molecule has 1 N–H and O–H groups in total. The van der Waals surface area contributed by atoms with E-state index < -0.39 is 42.4 Å². The molecule has 1 unspecified atom stereocenters. The van der Waals surface area contributed by atoms with Crippen molar-refractivity contribution in [3.63, 3.8) is 0 Å². The van der Waals surface area contributed by atoms with Gasteiger partial charge in [-0.1, -0.05) is 74.5 Å². The Labute approximate surface area is 212 Å². The van der Waals surface area contributed by atoms with Crippen LogP contribution in [0.25, 0.3) is 5.70 Å². The molecule has 2 aromatic rings. The Bertz CT molecular complexity index is 1180. The summed E-state index contributed by atoms with van der Waals surface area (Å²) in [6.45, 7) is 4.18. The molecular formula is C27H28F3N3O4. The minimum absolute atomic E-state index is 0.245. The minimum Gasteiger partial charge on any atom is -0.344 e. The van der Waals surface area contributed by atoms with Crippen LogP contribution in [0.5, 0.6) is 0 Å². The van der Waals surface area contributed by atoms with Crippen LogP contribution in [-0.4, -0.2) is 58.1 Å². The zero-order valence-electron chi connectivity index (χ0n) is 20.7. The molecular weight excluding hydrogens is 487 g/mol. The van der Waals surface area contributed by atoms with Gasteiger partial charge in [0.25, 0.3) is 11.7 Å². The van der Waals surface area contributed by atoms with Gasteiger partial charge in [0.1, 0.15) is 18.6 Å². The molecule has 0 fully saturated rings. The number of carbonyl (C=O) groups is 4. The zero-order valence-corrected chi connectivity index (χ0v) is 20.7. The van der Waals surface area contributed by atoms with Crippen LogP contribution in [0.15, 0.2) is 66.9 Å². The lowest BCUT2D eigenvalue weighted by Gasteiger charge is -2.40. The first-order valence-corrected chi connectivity index (χ1v) is 11.7. The molecule has 1 aliphatic heterocycles.